The average Bonchev–Trinajstić information content (AvgIpc) is 1.83. The van der Waals surface area contributed by atoms with E-state index in [0.717, 1.165) is 18.7 Å². The smallest absolute Gasteiger partial charge is 0.0757 e. The van der Waals surface area contributed by atoms with E-state index in [-0.39, 0.29) is 5.41 Å². The molecule has 0 atom stereocenters. The van der Waals surface area contributed by atoms with Crippen LogP contribution in [-0.2, 0) is 4.84 Å². The monoisotopic (exact) mass is 141 g/mol. The molecule has 0 radical (unpaired) electrons. The van der Waals surface area contributed by atoms with Crippen molar-refractivity contribution in [3.63, 3.8) is 0 Å². The summed E-state index contributed by atoms with van der Waals surface area (Å²) < 4.78 is 0. The highest BCUT2D eigenvalue weighted by atomic mass is 16.7. The predicted octanol–water partition coefficient (Wildman–Crippen LogP) is 1.79. The van der Waals surface area contributed by atoms with Crippen molar-refractivity contribution in [2.24, 2.45) is 5.41 Å². The van der Waals surface area contributed by atoms with Crippen LogP contribution in [0.1, 0.15) is 20.3 Å². The van der Waals surface area contributed by atoms with Gasteiger partial charge in [0, 0.05) is 18.2 Å². The highest BCUT2D eigenvalue weighted by molar-refractivity contribution is 5.04. The number of hydroxylamine groups is 2. The fourth-order valence-electron chi connectivity index (χ4n) is 1.09. The number of rotatable bonds is 0. The Labute approximate surface area is 62.4 Å². The summed E-state index contributed by atoms with van der Waals surface area (Å²) >= 11 is 0. The molecule has 0 aromatic rings. The van der Waals surface area contributed by atoms with E-state index in [4.69, 9.17) is 4.84 Å². The van der Waals surface area contributed by atoms with Crippen LogP contribution in [0.5, 0.6) is 0 Å². The summed E-state index contributed by atoms with van der Waals surface area (Å²) in [4.78, 5) is 5.26. The lowest BCUT2D eigenvalue weighted by Gasteiger charge is -2.38. The van der Waals surface area contributed by atoms with Crippen LogP contribution in [0.25, 0.3) is 0 Å². The first-order valence-corrected chi connectivity index (χ1v) is 3.60. The first kappa shape index (κ1) is 7.61. The molecule has 0 aromatic carbocycles. The lowest BCUT2D eigenvalue weighted by Crippen LogP contribution is -2.35. The van der Waals surface area contributed by atoms with Gasteiger partial charge in [0.2, 0.25) is 0 Å². The zero-order chi connectivity index (χ0) is 7.78. The van der Waals surface area contributed by atoms with Crippen LogP contribution in [0, 0.1) is 5.41 Å². The van der Waals surface area contributed by atoms with Crippen LogP contribution >= 0.6 is 0 Å². The summed E-state index contributed by atoms with van der Waals surface area (Å²) in [6.07, 6.45) is 1.07. The predicted molar refractivity (Wildman–Crippen MR) is 41.3 cm³/mol. The highest BCUT2D eigenvalue weighted by Gasteiger charge is 2.28. The zero-order valence-electron chi connectivity index (χ0n) is 6.98. The Morgan fingerprint density at radius 3 is 2.60 bits per heavy atom. The van der Waals surface area contributed by atoms with E-state index in [2.05, 4.69) is 20.4 Å². The highest BCUT2D eigenvalue weighted by Crippen LogP contribution is 2.34. The maximum absolute atomic E-state index is 5.26. The van der Waals surface area contributed by atoms with Crippen LogP contribution in [0.15, 0.2) is 12.3 Å². The molecule has 0 unspecified atom stereocenters. The van der Waals surface area contributed by atoms with Gasteiger partial charge in [-0.25, -0.2) is 0 Å². The molecule has 1 fully saturated rings. The van der Waals surface area contributed by atoms with Crippen LogP contribution in [0.3, 0.4) is 0 Å². The molecule has 0 N–H and O–H groups in total. The molecule has 1 rings (SSSR count). The van der Waals surface area contributed by atoms with Gasteiger partial charge in [0.15, 0.2) is 0 Å². The molecule has 0 aromatic heterocycles. The molecule has 1 saturated heterocycles. The van der Waals surface area contributed by atoms with Gasteiger partial charge in [0.25, 0.3) is 0 Å². The van der Waals surface area contributed by atoms with E-state index in [1.807, 2.05) is 7.05 Å². The Balaban J connectivity index is 2.70. The third-order valence-electron chi connectivity index (χ3n) is 2.17. The van der Waals surface area contributed by atoms with Crippen LogP contribution in [0.4, 0.5) is 0 Å². The maximum Gasteiger partial charge on any atom is 0.0757 e. The second kappa shape index (κ2) is 2.27. The molecule has 0 bridgehead atoms. The minimum Gasteiger partial charge on any atom is -0.274 e. The SMILES string of the molecule is C=C1N(C)OCCC1(C)C. The van der Waals surface area contributed by atoms with E-state index >= 15 is 0 Å². The van der Waals surface area contributed by atoms with E-state index in [9.17, 15) is 0 Å². The summed E-state index contributed by atoms with van der Waals surface area (Å²) in [5.74, 6) is 0. The van der Waals surface area contributed by atoms with Crippen LogP contribution < -0.4 is 0 Å². The van der Waals surface area contributed by atoms with E-state index in [1.165, 1.54) is 0 Å². The first-order chi connectivity index (χ1) is 4.54. The van der Waals surface area contributed by atoms with Gasteiger partial charge in [-0.15, -0.1) is 0 Å². The summed E-state index contributed by atoms with van der Waals surface area (Å²) in [6.45, 7) is 9.13. The maximum atomic E-state index is 5.26. The van der Waals surface area contributed by atoms with Gasteiger partial charge in [-0.3, -0.25) is 9.90 Å². The molecule has 1 aliphatic rings. The fraction of sp³-hybridized carbons (Fsp3) is 0.750. The van der Waals surface area contributed by atoms with Crippen molar-refractivity contribution < 1.29 is 4.84 Å². The van der Waals surface area contributed by atoms with Gasteiger partial charge in [0.1, 0.15) is 0 Å². The van der Waals surface area contributed by atoms with Gasteiger partial charge in [0.05, 0.1) is 6.61 Å². The summed E-state index contributed by atoms with van der Waals surface area (Å²) in [6, 6.07) is 0. The van der Waals surface area contributed by atoms with Gasteiger partial charge in [-0.05, 0) is 6.42 Å². The molecule has 2 heteroatoms. The molecule has 58 valence electrons. The van der Waals surface area contributed by atoms with E-state index in [0.29, 0.717) is 0 Å². The third-order valence-corrected chi connectivity index (χ3v) is 2.17. The van der Waals surface area contributed by atoms with Crippen LogP contribution in [0.2, 0.25) is 0 Å². The number of hydrogen-bond acceptors (Lipinski definition) is 2. The second-order valence-corrected chi connectivity index (χ2v) is 3.41. The van der Waals surface area contributed by atoms with E-state index < -0.39 is 0 Å². The zero-order valence-corrected chi connectivity index (χ0v) is 6.98. The first-order valence-electron chi connectivity index (χ1n) is 3.60. The number of hydrogen-bond donors (Lipinski definition) is 0. The molecule has 0 spiro atoms. The molecule has 1 aliphatic heterocycles. The molecule has 1 heterocycles. The quantitative estimate of drug-likeness (QED) is 0.510. The summed E-state index contributed by atoms with van der Waals surface area (Å²) in [5, 5.41) is 1.77. The van der Waals surface area contributed by atoms with Gasteiger partial charge in [-0.1, -0.05) is 20.4 Å². The van der Waals surface area contributed by atoms with Gasteiger partial charge >= 0.3 is 0 Å². The molecule has 0 amide bonds. The van der Waals surface area contributed by atoms with Crippen molar-refractivity contribution in [3.05, 3.63) is 12.3 Å². The topological polar surface area (TPSA) is 12.5 Å². The lowest BCUT2D eigenvalue weighted by atomic mass is 9.85. The van der Waals surface area contributed by atoms with E-state index in [1.54, 1.807) is 5.06 Å². The normalized spacial score (nSPS) is 25.1. The van der Waals surface area contributed by atoms with Crippen molar-refractivity contribution in [1.82, 2.24) is 5.06 Å². The van der Waals surface area contributed by atoms with Crippen molar-refractivity contribution in [2.45, 2.75) is 20.3 Å². The molecule has 0 aliphatic carbocycles. The average molecular weight is 141 g/mol. The second-order valence-electron chi connectivity index (χ2n) is 3.41. The number of allylic oxidation sites excluding steroid dienone is 1. The lowest BCUT2D eigenvalue weighted by molar-refractivity contribution is -0.157. The van der Waals surface area contributed by atoms with Crippen LogP contribution in [-0.4, -0.2) is 18.7 Å². The van der Waals surface area contributed by atoms with Crippen molar-refractivity contribution in [3.8, 4) is 0 Å². The largest absolute Gasteiger partial charge is 0.274 e. The molecular weight excluding hydrogens is 126 g/mol. The Morgan fingerprint density at radius 2 is 2.20 bits per heavy atom. The minimum absolute atomic E-state index is 0.215. The Bertz CT molecular complexity index is 151. The fourth-order valence-corrected chi connectivity index (χ4v) is 1.09. The standard InChI is InChI=1S/C8H15NO/c1-7-8(2,3)5-6-10-9(7)4/h1,5-6H2,2-4H3. The van der Waals surface area contributed by atoms with Gasteiger partial charge in [-0.2, -0.15) is 0 Å². The number of nitrogens with zero attached hydrogens (tertiary/aromatic N) is 1. The Hall–Kier alpha value is -0.500. The van der Waals surface area contributed by atoms with Crippen molar-refractivity contribution >= 4 is 0 Å². The molecule has 2 nitrogen and oxygen atoms in total. The molecule has 0 saturated carbocycles. The molecular formula is C8H15NO. The Kier molecular flexibility index (Phi) is 1.73. The summed E-state index contributed by atoms with van der Waals surface area (Å²) in [7, 11) is 1.91. The van der Waals surface area contributed by atoms with Gasteiger partial charge < -0.3 is 0 Å². The Morgan fingerprint density at radius 1 is 1.60 bits per heavy atom. The summed E-state index contributed by atoms with van der Waals surface area (Å²) in [5.41, 5.74) is 1.28. The minimum atomic E-state index is 0.215. The molecule has 10 heavy (non-hydrogen) atoms. The van der Waals surface area contributed by atoms with Crippen molar-refractivity contribution in [2.75, 3.05) is 13.7 Å². The third kappa shape index (κ3) is 1.16. The van der Waals surface area contributed by atoms with Crippen molar-refractivity contribution in [1.29, 1.82) is 0 Å².